The van der Waals surface area contributed by atoms with Crippen LogP contribution in [0.25, 0.3) is 6.08 Å². The molecule has 0 aliphatic carbocycles. The molecule has 0 saturated carbocycles. The van der Waals surface area contributed by atoms with Crippen LogP contribution in [-0.2, 0) is 15.3 Å². The molecule has 1 aromatic carbocycles. The summed E-state index contributed by atoms with van der Waals surface area (Å²) in [6.45, 7) is 0.678. The number of carbonyl (C=O) groups is 1. The molecule has 0 unspecified atom stereocenters. The maximum atomic E-state index is 13.4. The molecule has 0 bridgehead atoms. The first-order valence-corrected chi connectivity index (χ1v) is 6.55. The molecule has 0 aliphatic heterocycles. The second-order valence-electron chi connectivity index (χ2n) is 3.57. The van der Waals surface area contributed by atoms with E-state index in [1.807, 2.05) is 0 Å². The summed E-state index contributed by atoms with van der Waals surface area (Å²) in [4.78, 5) is 10.4. The van der Waals surface area contributed by atoms with Crippen molar-refractivity contribution < 1.29 is 19.0 Å². The van der Waals surface area contributed by atoms with E-state index in [1.54, 1.807) is 31.0 Å². The first-order valence-electron chi connectivity index (χ1n) is 5.39. The van der Waals surface area contributed by atoms with Gasteiger partial charge in [-0.2, -0.15) is 11.8 Å². The van der Waals surface area contributed by atoms with Gasteiger partial charge in [-0.25, -0.2) is 9.18 Å². The van der Waals surface area contributed by atoms with Gasteiger partial charge in [0.05, 0.1) is 6.61 Å². The topological polar surface area (TPSA) is 46.5 Å². The Labute approximate surface area is 110 Å². The Hall–Kier alpha value is -1.33. The molecule has 0 heterocycles. The summed E-state index contributed by atoms with van der Waals surface area (Å²) >= 11 is 1.68. The van der Waals surface area contributed by atoms with Crippen LogP contribution in [-0.4, -0.2) is 30.5 Å². The summed E-state index contributed by atoms with van der Waals surface area (Å²) in [6, 6.07) is 4.72. The van der Waals surface area contributed by atoms with Crippen molar-refractivity contribution in [3.8, 4) is 0 Å². The van der Waals surface area contributed by atoms with Crippen molar-refractivity contribution in [3.05, 3.63) is 41.2 Å². The third-order valence-corrected chi connectivity index (χ3v) is 3.16. The Morgan fingerprint density at radius 1 is 1.56 bits per heavy atom. The average Bonchev–Trinajstić information content (AvgIpc) is 2.34. The number of ether oxygens (including phenoxy) is 1. The Bertz CT molecular complexity index is 432. The van der Waals surface area contributed by atoms with Gasteiger partial charge in [-0.15, -0.1) is 0 Å². The van der Waals surface area contributed by atoms with Crippen molar-refractivity contribution in [3.63, 3.8) is 0 Å². The molecule has 3 nitrogen and oxygen atoms in total. The number of aliphatic carboxylic acids is 1. The highest BCUT2D eigenvalue weighted by Gasteiger charge is 2.02. The molecule has 1 N–H and O–H groups in total. The van der Waals surface area contributed by atoms with Crippen LogP contribution < -0.4 is 0 Å². The van der Waals surface area contributed by atoms with E-state index in [4.69, 9.17) is 9.84 Å². The van der Waals surface area contributed by atoms with Crippen LogP contribution in [0.15, 0.2) is 24.3 Å². The first-order chi connectivity index (χ1) is 8.63. The summed E-state index contributed by atoms with van der Waals surface area (Å²) in [6.07, 6.45) is 2.20. The van der Waals surface area contributed by atoms with Crippen LogP contribution in [0.3, 0.4) is 0 Å². The molecule has 0 amide bonds. The number of rotatable bonds is 7. The Balaban J connectivity index is 2.65. The number of carboxylic acids is 1. The minimum Gasteiger partial charge on any atom is -0.478 e. The lowest BCUT2D eigenvalue weighted by molar-refractivity contribution is -0.131. The van der Waals surface area contributed by atoms with Gasteiger partial charge in [0.15, 0.2) is 0 Å². The zero-order valence-corrected chi connectivity index (χ0v) is 10.9. The number of thioether (sulfide) groups is 1. The van der Waals surface area contributed by atoms with Crippen LogP contribution in [0.5, 0.6) is 0 Å². The molecule has 0 aliphatic rings. The van der Waals surface area contributed by atoms with Gasteiger partial charge in [0, 0.05) is 30.3 Å². The zero-order valence-electron chi connectivity index (χ0n) is 10.1. The largest absolute Gasteiger partial charge is 0.478 e. The van der Waals surface area contributed by atoms with E-state index >= 15 is 0 Å². The smallest absolute Gasteiger partial charge is 0.328 e. The predicted molar refractivity (Wildman–Crippen MR) is 71.1 cm³/mol. The maximum absolute atomic E-state index is 13.4. The molecule has 0 spiro atoms. The van der Waals surface area contributed by atoms with Crippen LogP contribution in [0.2, 0.25) is 0 Å². The van der Waals surface area contributed by atoms with Gasteiger partial charge < -0.3 is 9.84 Å². The molecule has 0 fully saturated rings. The summed E-state index contributed by atoms with van der Waals surface area (Å²) in [7, 11) is 1.65. The third-order valence-electron chi connectivity index (χ3n) is 2.17. The lowest BCUT2D eigenvalue weighted by Crippen LogP contribution is -1.93. The number of methoxy groups -OCH3 is 1. The summed E-state index contributed by atoms with van der Waals surface area (Å²) in [5, 5.41) is 8.51. The molecule has 98 valence electrons. The van der Waals surface area contributed by atoms with Gasteiger partial charge in [0.25, 0.3) is 0 Å². The van der Waals surface area contributed by atoms with Crippen LogP contribution in [0.4, 0.5) is 4.39 Å². The van der Waals surface area contributed by atoms with E-state index < -0.39 is 11.8 Å². The van der Waals surface area contributed by atoms with Gasteiger partial charge >= 0.3 is 5.97 Å². The van der Waals surface area contributed by atoms with Crippen molar-refractivity contribution in [2.75, 3.05) is 19.5 Å². The van der Waals surface area contributed by atoms with Gasteiger partial charge in [0.2, 0.25) is 0 Å². The van der Waals surface area contributed by atoms with Gasteiger partial charge in [-0.05, 0) is 23.8 Å². The van der Waals surface area contributed by atoms with E-state index in [2.05, 4.69) is 0 Å². The molecular formula is C13H15FO3S. The Morgan fingerprint density at radius 2 is 2.33 bits per heavy atom. The summed E-state index contributed by atoms with van der Waals surface area (Å²) in [5.74, 6) is 0.110. The summed E-state index contributed by atoms with van der Waals surface area (Å²) in [5.41, 5.74) is 1.25. The highest BCUT2D eigenvalue weighted by atomic mass is 32.2. The standard InChI is InChI=1S/C13H15FO3S/c1-17-6-7-18-9-10-2-4-12(14)11(8-10)3-5-13(15)16/h2-5,8H,6-7,9H2,1H3,(H,15,16)/b5-3+. The van der Waals surface area contributed by atoms with E-state index in [9.17, 15) is 9.18 Å². The van der Waals surface area contributed by atoms with E-state index in [0.29, 0.717) is 12.2 Å². The van der Waals surface area contributed by atoms with Crippen LogP contribution >= 0.6 is 11.8 Å². The Morgan fingerprint density at radius 3 is 3.00 bits per heavy atom. The van der Waals surface area contributed by atoms with E-state index in [1.165, 1.54) is 12.1 Å². The number of benzene rings is 1. The van der Waals surface area contributed by atoms with Gasteiger partial charge in [-0.3, -0.25) is 0 Å². The molecule has 0 atom stereocenters. The second-order valence-corrected chi connectivity index (χ2v) is 4.68. The molecule has 18 heavy (non-hydrogen) atoms. The maximum Gasteiger partial charge on any atom is 0.328 e. The molecule has 1 aromatic rings. The quantitative estimate of drug-likeness (QED) is 0.611. The SMILES string of the molecule is COCCSCc1ccc(F)c(/C=C/C(=O)O)c1. The van der Waals surface area contributed by atoms with Crippen molar-refractivity contribution >= 4 is 23.8 Å². The molecule has 0 aromatic heterocycles. The van der Waals surface area contributed by atoms with Crippen LogP contribution in [0.1, 0.15) is 11.1 Å². The van der Waals surface area contributed by atoms with Gasteiger partial charge in [-0.1, -0.05) is 6.07 Å². The number of carboxylic acid groups (broad SMARTS) is 1. The van der Waals surface area contributed by atoms with E-state index in [0.717, 1.165) is 23.1 Å². The van der Waals surface area contributed by atoms with Gasteiger partial charge in [0.1, 0.15) is 5.82 Å². The monoisotopic (exact) mass is 270 g/mol. The average molecular weight is 270 g/mol. The molecule has 5 heteroatoms. The first kappa shape index (κ1) is 14.7. The minimum atomic E-state index is -1.09. The fourth-order valence-corrected chi connectivity index (χ4v) is 2.15. The number of halogens is 1. The van der Waals surface area contributed by atoms with Crippen LogP contribution in [0, 0.1) is 5.82 Å². The third kappa shape index (κ3) is 5.33. The summed E-state index contributed by atoms with van der Waals surface area (Å²) < 4.78 is 18.3. The normalized spacial score (nSPS) is 11.0. The number of hydrogen-bond acceptors (Lipinski definition) is 3. The molecule has 0 radical (unpaired) electrons. The second kappa shape index (κ2) is 7.89. The predicted octanol–water partition coefficient (Wildman–Crippen LogP) is 2.80. The lowest BCUT2D eigenvalue weighted by atomic mass is 10.1. The molecule has 1 rings (SSSR count). The van der Waals surface area contributed by atoms with Crippen molar-refractivity contribution in [1.29, 1.82) is 0 Å². The lowest BCUT2D eigenvalue weighted by Gasteiger charge is -2.04. The minimum absolute atomic E-state index is 0.294. The molecular weight excluding hydrogens is 255 g/mol. The molecule has 0 saturated heterocycles. The van der Waals surface area contributed by atoms with Crippen molar-refractivity contribution in [1.82, 2.24) is 0 Å². The fourth-order valence-electron chi connectivity index (χ4n) is 1.30. The highest BCUT2D eigenvalue weighted by Crippen LogP contribution is 2.17. The fraction of sp³-hybridized carbons (Fsp3) is 0.308. The van der Waals surface area contributed by atoms with Crippen molar-refractivity contribution in [2.24, 2.45) is 0 Å². The zero-order chi connectivity index (χ0) is 13.4. The Kier molecular flexibility index (Phi) is 6.46. The number of hydrogen-bond donors (Lipinski definition) is 1. The van der Waals surface area contributed by atoms with Crippen molar-refractivity contribution in [2.45, 2.75) is 5.75 Å². The van der Waals surface area contributed by atoms with E-state index in [-0.39, 0.29) is 0 Å². The highest BCUT2D eigenvalue weighted by molar-refractivity contribution is 7.98.